The highest BCUT2D eigenvalue weighted by molar-refractivity contribution is 6.15. The van der Waals surface area contributed by atoms with Gasteiger partial charge in [-0.15, -0.1) is 0 Å². The van der Waals surface area contributed by atoms with E-state index in [1.165, 1.54) is 43.9 Å². The van der Waals surface area contributed by atoms with Gasteiger partial charge in [0.25, 0.3) is 0 Å². The fourth-order valence-electron chi connectivity index (χ4n) is 7.62. The number of furan rings is 1. The van der Waals surface area contributed by atoms with Crippen molar-refractivity contribution < 1.29 is 4.42 Å². The molecule has 9 aromatic rings. The molecular weight excluding hydrogens is 574 g/mol. The van der Waals surface area contributed by atoms with Crippen molar-refractivity contribution in [2.75, 3.05) is 0 Å². The molecule has 0 bridgehead atoms. The summed E-state index contributed by atoms with van der Waals surface area (Å²) in [5.41, 5.74) is 11.3. The average Bonchev–Trinajstić information content (AvgIpc) is 3.66. The van der Waals surface area contributed by atoms with Crippen molar-refractivity contribution in [3.63, 3.8) is 0 Å². The Labute approximate surface area is 272 Å². The van der Waals surface area contributed by atoms with Gasteiger partial charge in [0.15, 0.2) is 0 Å². The van der Waals surface area contributed by atoms with Crippen LogP contribution in [-0.4, -0.2) is 14.5 Å². The van der Waals surface area contributed by atoms with E-state index < -0.39 is 0 Å². The molecule has 47 heavy (non-hydrogen) atoms. The molecule has 226 valence electrons. The number of nitrogens with zero attached hydrogens (tertiary/aromatic N) is 3. The summed E-state index contributed by atoms with van der Waals surface area (Å²) in [6.45, 7) is 8.85. The largest absolute Gasteiger partial charge is 0.437 e. The molecule has 9 rings (SSSR count). The lowest BCUT2D eigenvalue weighted by molar-refractivity contribution is 0.655. The Morgan fingerprint density at radius 1 is 0.574 bits per heavy atom. The second-order valence-corrected chi connectivity index (χ2v) is 12.9. The van der Waals surface area contributed by atoms with E-state index >= 15 is 0 Å². The van der Waals surface area contributed by atoms with Crippen molar-refractivity contribution in [1.82, 2.24) is 14.5 Å². The van der Waals surface area contributed by atoms with E-state index in [4.69, 9.17) is 14.4 Å². The molecule has 3 heterocycles. The van der Waals surface area contributed by atoms with Gasteiger partial charge < -0.3 is 4.42 Å². The third-order valence-corrected chi connectivity index (χ3v) is 9.65. The first-order chi connectivity index (χ1) is 23.0. The van der Waals surface area contributed by atoms with Gasteiger partial charge in [0.1, 0.15) is 11.4 Å². The summed E-state index contributed by atoms with van der Waals surface area (Å²) in [5.74, 6) is 1.12. The van der Waals surface area contributed by atoms with Gasteiger partial charge in [-0.25, -0.2) is 9.97 Å². The Bertz CT molecular complexity index is 2670. The minimum absolute atomic E-state index is 0.267. The fraction of sp³-hybridized carbons (Fsp3) is 0.116. The highest BCUT2D eigenvalue weighted by Gasteiger charge is 2.25. The summed E-state index contributed by atoms with van der Waals surface area (Å²) in [4.78, 5) is 10.4. The number of fused-ring (bicyclic) bond motifs is 7. The summed E-state index contributed by atoms with van der Waals surface area (Å²) in [6.07, 6.45) is 0. The third kappa shape index (κ3) is 4.07. The maximum Gasteiger partial charge on any atom is 0.227 e. The second kappa shape index (κ2) is 10.4. The molecule has 4 heteroatoms. The molecule has 0 N–H and O–H groups in total. The van der Waals surface area contributed by atoms with Crippen LogP contribution >= 0.6 is 0 Å². The van der Waals surface area contributed by atoms with Crippen molar-refractivity contribution in [2.45, 2.75) is 33.6 Å². The molecule has 0 fully saturated rings. The van der Waals surface area contributed by atoms with E-state index in [1.54, 1.807) is 0 Å². The molecular formula is C43H33N3O. The van der Waals surface area contributed by atoms with Crippen LogP contribution in [0.4, 0.5) is 0 Å². The van der Waals surface area contributed by atoms with E-state index in [1.807, 2.05) is 0 Å². The van der Waals surface area contributed by atoms with E-state index in [0.717, 1.165) is 50.0 Å². The van der Waals surface area contributed by atoms with Crippen molar-refractivity contribution in [2.24, 2.45) is 0 Å². The van der Waals surface area contributed by atoms with Gasteiger partial charge in [0, 0.05) is 21.7 Å². The van der Waals surface area contributed by atoms with Crippen LogP contribution in [0.3, 0.4) is 0 Å². The van der Waals surface area contributed by atoms with Gasteiger partial charge in [-0.2, -0.15) is 0 Å². The third-order valence-electron chi connectivity index (χ3n) is 9.65. The van der Waals surface area contributed by atoms with Crippen LogP contribution < -0.4 is 0 Å². The minimum atomic E-state index is 0.267. The van der Waals surface area contributed by atoms with Crippen molar-refractivity contribution >= 4 is 54.6 Å². The number of hydrogen-bond acceptors (Lipinski definition) is 3. The Morgan fingerprint density at radius 3 is 1.98 bits per heavy atom. The van der Waals surface area contributed by atoms with Crippen molar-refractivity contribution in [1.29, 1.82) is 0 Å². The summed E-state index contributed by atoms with van der Waals surface area (Å²) >= 11 is 0. The molecule has 0 aliphatic carbocycles. The van der Waals surface area contributed by atoms with Crippen LogP contribution in [0.5, 0.6) is 0 Å². The van der Waals surface area contributed by atoms with E-state index in [9.17, 15) is 0 Å². The SMILES string of the molecule is Cc1cccc(C)c1-c1ccc2c(n1)oc1c(-c3nc4ccccc4n3-c3c(C(C)C)c4ccccc4c4ccccc34)cccc12. The molecule has 0 radical (unpaired) electrons. The maximum absolute atomic E-state index is 6.74. The van der Waals surface area contributed by atoms with Crippen LogP contribution in [0.2, 0.25) is 0 Å². The summed E-state index contributed by atoms with van der Waals surface area (Å²) < 4.78 is 9.11. The Kier molecular flexibility index (Phi) is 6.10. The first-order valence-electron chi connectivity index (χ1n) is 16.3. The van der Waals surface area contributed by atoms with Gasteiger partial charge in [-0.05, 0) is 82.9 Å². The van der Waals surface area contributed by atoms with Crippen LogP contribution in [0, 0.1) is 13.8 Å². The van der Waals surface area contributed by atoms with Gasteiger partial charge in [-0.3, -0.25) is 4.57 Å². The van der Waals surface area contributed by atoms with Gasteiger partial charge in [0.2, 0.25) is 5.71 Å². The number of imidazole rings is 1. The molecule has 0 saturated carbocycles. The molecule has 0 saturated heterocycles. The van der Waals surface area contributed by atoms with E-state index in [0.29, 0.717) is 5.71 Å². The monoisotopic (exact) mass is 607 g/mol. The normalized spacial score (nSPS) is 12.0. The summed E-state index contributed by atoms with van der Waals surface area (Å²) in [6, 6.07) is 43.0. The first kappa shape index (κ1) is 27.6. The molecule has 4 nitrogen and oxygen atoms in total. The lowest BCUT2D eigenvalue weighted by Crippen LogP contribution is -2.06. The van der Waals surface area contributed by atoms with E-state index in [-0.39, 0.29) is 5.92 Å². The Morgan fingerprint density at radius 2 is 1.21 bits per heavy atom. The lowest BCUT2D eigenvalue weighted by atomic mass is 9.89. The smallest absolute Gasteiger partial charge is 0.227 e. The lowest BCUT2D eigenvalue weighted by Gasteiger charge is -2.22. The zero-order chi connectivity index (χ0) is 31.8. The van der Waals surface area contributed by atoms with Crippen LogP contribution in [0.1, 0.15) is 36.5 Å². The van der Waals surface area contributed by atoms with E-state index in [2.05, 4.69) is 154 Å². The number of hydrogen-bond donors (Lipinski definition) is 0. The number of aromatic nitrogens is 3. The topological polar surface area (TPSA) is 43.9 Å². The zero-order valence-electron chi connectivity index (χ0n) is 26.9. The van der Waals surface area contributed by atoms with Crippen molar-refractivity contribution in [3.8, 4) is 28.3 Å². The molecule has 0 aliphatic rings. The minimum Gasteiger partial charge on any atom is -0.437 e. The average molecular weight is 608 g/mol. The molecule has 3 aromatic heterocycles. The standard InChI is InChI=1S/C43H33N3O/c1-25(2)38-30-17-7-5-15-28(30)29-16-6-8-18-31(29)40(38)46-37-22-10-9-21-35(37)44-42(46)34-20-12-19-32-33-23-24-36(45-43(33)47-41(32)34)39-26(3)13-11-14-27(39)4/h5-25H,1-4H3. The van der Waals surface area contributed by atoms with Crippen LogP contribution in [0.25, 0.3) is 83.0 Å². The molecule has 0 atom stereocenters. The number of pyridine rings is 1. The zero-order valence-corrected chi connectivity index (χ0v) is 26.9. The quantitative estimate of drug-likeness (QED) is 0.187. The summed E-state index contributed by atoms with van der Waals surface area (Å²) in [5, 5.41) is 7.01. The van der Waals surface area contributed by atoms with Crippen LogP contribution in [0.15, 0.2) is 126 Å². The molecule has 0 amide bonds. The first-order valence-corrected chi connectivity index (χ1v) is 16.3. The number of para-hydroxylation sites is 3. The Balaban J connectivity index is 1.38. The number of aryl methyl sites for hydroxylation is 2. The maximum atomic E-state index is 6.74. The molecule has 6 aromatic carbocycles. The predicted molar refractivity (Wildman–Crippen MR) is 196 cm³/mol. The molecule has 0 aliphatic heterocycles. The van der Waals surface area contributed by atoms with Gasteiger partial charge in [-0.1, -0.05) is 105 Å². The number of benzene rings is 6. The Hall–Kier alpha value is -5.74. The number of rotatable bonds is 4. The molecule has 0 spiro atoms. The predicted octanol–water partition coefficient (Wildman–Crippen LogP) is 11.7. The summed E-state index contributed by atoms with van der Waals surface area (Å²) in [7, 11) is 0. The highest BCUT2D eigenvalue weighted by atomic mass is 16.3. The van der Waals surface area contributed by atoms with Gasteiger partial charge in [0.05, 0.1) is 28.0 Å². The second-order valence-electron chi connectivity index (χ2n) is 12.9. The molecule has 0 unspecified atom stereocenters. The van der Waals surface area contributed by atoms with Crippen LogP contribution in [-0.2, 0) is 0 Å². The van der Waals surface area contributed by atoms with Gasteiger partial charge >= 0.3 is 0 Å². The fourth-order valence-corrected chi connectivity index (χ4v) is 7.62. The van der Waals surface area contributed by atoms with Crippen molar-refractivity contribution in [3.05, 3.63) is 138 Å². The highest BCUT2D eigenvalue weighted by Crippen LogP contribution is 2.44.